The van der Waals surface area contributed by atoms with Crippen LogP contribution in [-0.2, 0) is 17.8 Å². The molecule has 3 aromatic rings. The summed E-state index contributed by atoms with van der Waals surface area (Å²) in [5.74, 6) is 0.0909. The Hall–Kier alpha value is -2.91. The summed E-state index contributed by atoms with van der Waals surface area (Å²) in [6.45, 7) is 2.79. The molecule has 3 rings (SSSR count). The smallest absolute Gasteiger partial charge is 0.224 e. The molecule has 0 saturated heterocycles. The van der Waals surface area contributed by atoms with Crippen LogP contribution in [0.3, 0.4) is 0 Å². The topological polar surface area (TPSA) is 33.5 Å². The van der Waals surface area contributed by atoms with Crippen LogP contribution >= 0.6 is 0 Å². The van der Waals surface area contributed by atoms with Gasteiger partial charge in [-0.2, -0.15) is 0 Å². The highest BCUT2D eigenvalue weighted by atomic mass is 16.1. The van der Waals surface area contributed by atoms with Crippen molar-refractivity contribution in [3.05, 3.63) is 96.1 Å². The largest absolute Gasteiger partial charge is 0.356 e. The van der Waals surface area contributed by atoms with Gasteiger partial charge in [0.25, 0.3) is 0 Å². The summed E-state index contributed by atoms with van der Waals surface area (Å²) < 4.78 is 0. The maximum absolute atomic E-state index is 12.2. The van der Waals surface area contributed by atoms with E-state index >= 15 is 0 Å². The third-order valence-corrected chi connectivity index (χ3v) is 4.88. The Morgan fingerprint density at radius 1 is 0.786 bits per heavy atom. The van der Waals surface area contributed by atoms with Crippen molar-refractivity contribution < 1.29 is 9.69 Å². The summed E-state index contributed by atoms with van der Waals surface area (Å²) in [5.41, 5.74) is 4.77. The lowest BCUT2D eigenvalue weighted by molar-refractivity contribution is -0.893. The molecule has 0 aliphatic rings. The van der Waals surface area contributed by atoms with E-state index in [1.165, 1.54) is 21.6 Å². The Morgan fingerprint density at radius 2 is 1.39 bits per heavy atom. The number of carbonyl (C=O) groups excluding carboxylic acids is 1. The van der Waals surface area contributed by atoms with Crippen molar-refractivity contribution in [3.8, 4) is 11.1 Å². The van der Waals surface area contributed by atoms with Gasteiger partial charge in [-0.1, -0.05) is 84.9 Å². The molecule has 0 aromatic heterocycles. The fourth-order valence-corrected chi connectivity index (χ4v) is 3.34. The van der Waals surface area contributed by atoms with Crippen LogP contribution in [0.1, 0.15) is 17.5 Å². The predicted octanol–water partition coefficient (Wildman–Crippen LogP) is 3.12. The average Bonchev–Trinajstić information content (AvgIpc) is 2.73. The number of carbonyl (C=O) groups is 1. The first-order valence-corrected chi connectivity index (χ1v) is 9.97. The first-order chi connectivity index (χ1) is 13.7. The zero-order valence-electron chi connectivity index (χ0n) is 16.5. The van der Waals surface area contributed by atoms with Gasteiger partial charge in [-0.15, -0.1) is 0 Å². The van der Waals surface area contributed by atoms with Crippen molar-refractivity contribution in [1.82, 2.24) is 5.32 Å². The summed E-state index contributed by atoms with van der Waals surface area (Å²) in [7, 11) is 2.20. The van der Waals surface area contributed by atoms with Gasteiger partial charge in [0.2, 0.25) is 5.91 Å². The Labute approximate surface area is 168 Å². The first-order valence-electron chi connectivity index (χ1n) is 9.97. The minimum atomic E-state index is 0.0909. The summed E-state index contributed by atoms with van der Waals surface area (Å²) in [6.07, 6.45) is 1.42. The lowest BCUT2D eigenvalue weighted by atomic mass is 10.0. The number of amides is 1. The minimum Gasteiger partial charge on any atom is -0.356 e. The van der Waals surface area contributed by atoms with Crippen LogP contribution in [0, 0.1) is 0 Å². The molecule has 3 aromatic carbocycles. The number of hydrogen-bond acceptors (Lipinski definition) is 1. The third kappa shape index (κ3) is 6.36. The zero-order chi connectivity index (χ0) is 19.6. The van der Waals surface area contributed by atoms with Gasteiger partial charge in [-0.3, -0.25) is 4.79 Å². The molecule has 28 heavy (non-hydrogen) atoms. The van der Waals surface area contributed by atoms with E-state index in [0.29, 0.717) is 6.42 Å². The van der Waals surface area contributed by atoms with Crippen LogP contribution in [0.15, 0.2) is 84.9 Å². The molecule has 0 heterocycles. The van der Waals surface area contributed by atoms with Gasteiger partial charge in [0, 0.05) is 18.5 Å². The molecular formula is C25H29N2O+. The molecule has 1 atom stereocenters. The Kier molecular flexibility index (Phi) is 7.39. The number of nitrogens with one attached hydrogen (secondary N) is 2. The van der Waals surface area contributed by atoms with E-state index in [9.17, 15) is 4.79 Å². The SMILES string of the molecule is C[NH+](CCCNC(=O)Cc1ccc(-c2ccccc2)cc1)Cc1ccccc1. The van der Waals surface area contributed by atoms with Crippen LogP contribution in [0.4, 0.5) is 0 Å². The molecule has 2 N–H and O–H groups in total. The van der Waals surface area contributed by atoms with Crippen molar-refractivity contribution in [2.75, 3.05) is 20.1 Å². The predicted molar refractivity (Wildman–Crippen MR) is 115 cm³/mol. The van der Waals surface area contributed by atoms with Crippen LogP contribution < -0.4 is 10.2 Å². The molecule has 0 aliphatic heterocycles. The molecule has 0 spiro atoms. The molecule has 0 saturated carbocycles. The lowest BCUT2D eigenvalue weighted by Crippen LogP contribution is -3.07. The lowest BCUT2D eigenvalue weighted by Gasteiger charge is -2.14. The number of rotatable bonds is 9. The third-order valence-electron chi connectivity index (χ3n) is 4.88. The van der Waals surface area contributed by atoms with E-state index in [0.717, 1.165) is 31.6 Å². The molecule has 0 fully saturated rings. The summed E-state index contributed by atoms with van der Waals surface area (Å²) >= 11 is 0. The molecular weight excluding hydrogens is 344 g/mol. The average molecular weight is 374 g/mol. The van der Waals surface area contributed by atoms with Crippen molar-refractivity contribution in [2.45, 2.75) is 19.4 Å². The monoisotopic (exact) mass is 373 g/mol. The van der Waals surface area contributed by atoms with Gasteiger partial charge in [0.1, 0.15) is 6.54 Å². The Balaban J connectivity index is 1.36. The second-order valence-corrected chi connectivity index (χ2v) is 7.31. The molecule has 144 valence electrons. The van der Waals surface area contributed by atoms with Gasteiger partial charge >= 0.3 is 0 Å². The van der Waals surface area contributed by atoms with Crippen molar-refractivity contribution >= 4 is 5.91 Å². The van der Waals surface area contributed by atoms with Gasteiger partial charge in [0.15, 0.2) is 0 Å². The van der Waals surface area contributed by atoms with E-state index < -0.39 is 0 Å². The van der Waals surface area contributed by atoms with Crippen molar-refractivity contribution in [3.63, 3.8) is 0 Å². The summed E-state index contributed by atoms with van der Waals surface area (Å²) in [5, 5.41) is 3.04. The van der Waals surface area contributed by atoms with E-state index in [1.54, 1.807) is 0 Å². The van der Waals surface area contributed by atoms with E-state index in [2.05, 4.69) is 60.9 Å². The summed E-state index contributed by atoms with van der Waals surface area (Å²) in [4.78, 5) is 13.6. The second kappa shape index (κ2) is 10.4. The number of benzene rings is 3. The van der Waals surface area contributed by atoms with Crippen molar-refractivity contribution in [1.29, 1.82) is 0 Å². The molecule has 1 amide bonds. The van der Waals surface area contributed by atoms with E-state index in [1.807, 2.05) is 36.4 Å². The van der Waals surface area contributed by atoms with Gasteiger partial charge < -0.3 is 10.2 Å². The molecule has 3 nitrogen and oxygen atoms in total. The maximum atomic E-state index is 12.2. The highest BCUT2D eigenvalue weighted by molar-refractivity contribution is 5.78. The molecule has 0 bridgehead atoms. The zero-order valence-corrected chi connectivity index (χ0v) is 16.5. The fourth-order valence-electron chi connectivity index (χ4n) is 3.34. The second-order valence-electron chi connectivity index (χ2n) is 7.31. The minimum absolute atomic E-state index is 0.0909. The molecule has 0 aliphatic carbocycles. The van der Waals surface area contributed by atoms with E-state index in [-0.39, 0.29) is 5.91 Å². The molecule has 0 radical (unpaired) electrons. The first kappa shape index (κ1) is 19.8. The van der Waals surface area contributed by atoms with Gasteiger partial charge in [-0.25, -0.2) is 0 Å². The van der Waals surface area contributed by atoms with Crippen LogP contribution in [-0.4, -0.2) is 26.0 Å². The quantitative estimate of drug-likeness (QED) is 0.555. The number of hydrogen-bond donors (Lipinski definition) is 2. The van der Waals surface area contributed by atoms with Gasteiger partial charge in [0.05, 0.1) is 20.0 Å². The normalized spacial score (nSPS) is 11.8. The highest BCUT2D eigenvalue weighted by Crippen LogP contribution is 2.19. The highest BCUT2D eigenvalue weighted by Gasteiger charge is 2.06. The molecule has 3 heteroatoms. The number of quaternary nitrogens is 1. The summed E-state index contributed by atoms with van der Waals surface area (Å²) in [6, 6.07) is 29.1. The molecule has 1 unspecified atom stereocenters. The van der Waals surface area contributed by atoms with Crippen LogP contribution in [0.25, 0.3) is 11.1 Å². The Bertz CT molecular complexity index is 845. The fraction of sp³-hybridized carbons (Fsp3) is 0.240. The Morgan fingerprint density at radius 3 is 2.07 bits per heavy atom. The maximum Gasteiger partial charge on any atom is 0.224 e. The van der Waals surface area contributed by atoms with Crippen LogP contribution in [0.2, 0.25) is 0 Å². The van der Waals surface area contributed by atoms with Gasteiger partial charge in [-0.05, 0) is 16.7 Å². The van der Waals surface area contributed by atoms with Crippen LogP contribution in [0.5, 0.6) is 0 Å². The standard InChI is InChI=1S/C25H28N2O/c1-27(20-22-9-4-2-5-10-22)18-8-17-26-25(28)19-21-13-15-24(16-14-21)23-11-6-3-7-12-23/h2-7,9-16H,8,17-20H2,1H3,(H,26,28)/p+1. The van der Waals surface area contributed by atoms with E-state index in [4.69, 9.17) is 0 Å². The van der Waals surface area contributed by atoms with Crippen molar-refractivity contribution in [2.24, 2.45) is 0 Å².